The summed E-state index contributed by atoms with van der Waals surface area (Å²) in [5.41, 5.74) is 1.27. The van der Waals surface area contributed by atoms with Crippen molar-refractivity contribution in [3.05, 3.63) is 54.1 Å². The van der Waals surface area contributed by atoms with Crippen molar-refractivity contribution in [2.75, 3.05) is 29.8 Å². The number of hydrogen-bond acceptors (Lipinski definition) is 4. The minimum Gasteiger partial charge on any atom is -0.380 e. The Morgan fingerprint density at radius 1 is 1.12 bits per heavy atom. The van der Waals surface area contributed by atoms with Crippen molar-refractivity contribution in [2.45, 2.75) is 17.4 Å². The second-order valence-electron chi connectivity index (χ2n) is 5.85. The topological polar surface area (TPSA) is 58.6 Å². The van der Waals surface area contributed by atoms with Crippen LogP contribution >= 0.6 is 0 Å². The van der Waals surface area contributed by atoms with Crippen LogP contribution in [0, 0.1) is 11.6 Å². The molecule has 3 rings (SSSR count). The van der Waals surface area contributed by atoms with E-state index in [-0.39, 0.29) is 6.10 Å². The third kappa shape index (κ3) is 4.08. The van der Waals surface area contributed by atoms with Crippen LogP contribution in [0.5, 0.6) is 0 Å². The first-order valence-corrected chi connectivity index (χ1v) is 9.22. The number of halogens is 2. The Morgan fingerprint density at radius 3 is 2.32 bits per heavy atom. The Labute approximate surface area is 145 Å². The number of sulfonamides is 1. The third-order valence-corrected chi connectivity index (χ3v) is 5.47. The molecule has 0 saturated carbocycles. The van der Waals surface area contributed by atoms with Crippen molar-refractivity contribution in [3.8, 4) is 0 Å². The molecule has 1 fully saturated rings. The summed E-state index contributed by atoms with van der Waals surface area (Å²) >= 11 is 0. The molecule has 0 bridgehead atoms. The summed E-state index contributed by atoms with van der Waals surface area (Å²) in [6.45, 7) is 1.65. The number of nitrogens with zero attached hydrogens (tertiary/aromatic N) is 1. The molecule has 1 N–H and O–H groups in total. The van der Waals surface area contributed by atoms with Gasteiger partial charge in [-0.15, -0.1) is 0 Å². The first-order chi connectivity index (χ1) is 11.9. The molecule has 1 aliphatic heterocycles. The highest BCUT2D eigenvalue weighted by Crippen LogP contribution is 2.25. The molecule has 0 aliphatic carbocycles. The van der Waals surface area contributed by atoms with Crippen LogP contribution in [-0.2, 0) is 14.8 Å². The Bertz CT molecular complexity index is 836. The van der Waals surface area contributed by atoms with Crippen LogP contribution in [0.4, 0.5) is 20.2 Å². The normalized spacial score (nSPS) is 17.7. The lowest BCUT2D eigenvalue weighted by molar-refractivity contribution is 0.121. The molecule has 134 valence electrons. The van der Waals surface area contributed by atoms with Gasteiger partial charge in [0.2, 0.25) is 0 Å². The van der Waals surface area contributed by atoms with Crippen LogP contribution in [0.3, 0.4) is 0 Å². The Kier molecular flexibility index (Phi) is 4.91. The molecule has 2 aromatic carbocycles. The second-order valence-corrected chi connectivity index (χ2v) is 7.53. The molecule has 1 heterocycles. The van der Waals surface area contributed by atoms with Gasteiger partial charge in [0, 0.05) is 37.6 Å². The van der Waals surface area contributed by atoms with Gasteiger partial charge in [-0.05, 0) is 42.8 Å². The van der Waals surface area contributed by atoms with E-state index in [1.165, 1.54) is 0 Å². The number of anilines is 2. The van der Waals surface area contributed by atoms with Crippen LogP contribution in [0.2, 0.25) is 0 Å². The maximum absolute atomic E-state index is 13.2. The molecule has 0 radical (unpaired) electrons. The first-order valence-electron chi connectivity index (χ1n) is 7.74. The Balaban J connectivity index is 1.74. The summed E-state index contributed by atoms with van der Waals surface area (Å²) in [5, 5.41) is 0. The van der Waals surface area contributed by atoms with E-state index in [2.05, 4.69) is 9.62 Å². The molecule has 1 saturated heterocycles. The fourth-order valence-corrected chi connectivity index (χ4v) is 3.89. The van der Waals surface area contributed by atoms with Gasteiger partial charge in [-0.25, -0.2) is 17.2 Å². The number of methoxy groups -OCH3 is 1. The zero-order valence-corrected chi connectivity index (χ0v) is 14.4. The predicted octanol–water partition coefficient (Wildman–Crippen LogP) is 2.99. The van der Waals surface area contributed by atoms with Gasteiger partial charge in [-0.2, -0.15) is 0 Å². The fraction of sp³-hybridized carbons (Fsp3) is 0.294. The van der Waals surface area contributed by atoms with Crippen LogP contribution < -0.4 is 9.62 Å². The molecule has 8 heteroatoms. The number of hydrogen-bond donors (Lipinski definition) is 1. The van der Waals surface area contributed by atoms with Gasteiger partial charge in [0.1, 0.15) is 11.6 Å². The molecule has 5 nitrogen and oxygen atoms in total. The molecule has 0 spiro atoms. The van der Waals surface area contributed by atoms with Gasteiger partial charge >= 0.3 is 0 Å². The largest absolute Gasteiger partial charge is 0.380 e. The van der Waals surface area contributed by atoms with Gasteiger partial charge < -0.3 is 9.64 Å². The van der Waals surface area contributed by atoms with Crippen molar-refractivity contribution >= 4 is 21.4 Å². The molecule has 0 amide bonds. The summed E-state index contributed by atoms with van der Waals surface area (Å²) in [6.07, 6.45) is 1.14. The molecular weight excluding hydrogens is 350 g/mol. The second kappa shape index (κ2) is 6.97. The lowest BCUT2D eigenvalue weighted by Gasteiger charge is -2.19. The smallest absolute Gasteiger partial charge is 0.262 e. The van der Waals surface area contributed by atoms with E-state index in [4.69, 9.17) is 4.74 Å². The number of benzene rings is 2. The molecule has 25 heavy (non-hydrogen) atoms. The Hall–Kier alpha value is -2.19. The summed E-state index contributed by atoms with van der Waals surface area (Å²) in [6, 6.07) is 8.98. The van der Waals surface area contributed by atoms with Crippen LogP contribution in [0.15, 0.2) is 47.4 Å². The lowest BCUT2D eigenvalue weighted by Crippen LogP contribution is -2.22. The summed E-state index contributed by atoms with van der Waals surface area (Å²) < 4.78 is 58.6. The molecule has 1 atom stereocenters. The standard InChI is InChI=1S/C17H18F2N2O3S/c1-24-16-6-7-21(11-16)15-4-2-14(3-5-15)20-25(22,23)17-9-12(18)8-13(19)10-17/h2-5,8-10,16,20H,6-7,11H2,1H3. The van der Waals surface area contributed by atoms with E-state index in [1.54, 1.807) is 31.4 Å². The molecule has 1 unspecified atom stereocenters. The van der Waals surface area contributed by atoms with E-state index in [0.29, 0.717) is 11.8 Å². The third-order valence-electron chi connectivity index (χ3n) is 4.11. The molecular formula is C17H18F2N2O3S. The van der Waals surface area contributed by atoms with Crippen molar-refractivity contribution in [1.29, 1.82) is 0 Å². The maximum Gasteiger partial charge on any atom is 0.262 e. The fourth-order valence-electron chi connectivity index (χ4n) is 2.79. The molecule has 1 aliphatic rings. The highest BCUT2D eigenvalue weighted by atomic mass is 32.2. The minimum absolute atomic E-state index is 0.195. The van der Waals surface area contributed by atoms with E-state index in [0.717, 1.165) is 37.3 Å². The van der Waals surface area contributed by atoms with Gasteiger partial charge in [-0.1, -0.05) is 0 Å². The van der Waals surface area contributed by atoms with E-state index < -0.39 is 26.6 Å². The van der Waals surface area contributed by atoms with E-state index in [1.807, 2.05) is 0 Å². The van der Waals surface area contributed by atoms with Crippen LogP contribution in [0.25, 0.3) is 0 Å². The lowest BCUT2D eigenvalue weighted by atomic mass is 10.2. The summed E-state index contributed by atoms with van der Waals surface area (Å²) in [4.78, 5) is 1.69. The number of rotatable bonds is 5. The highest BCUT2D eigenvalue weighted by molar-refractivity contribution is 7.92. The predicted molar refractivity (Wildman–Crippen MR) is 91.2 cm³/mol. The highest BCUT2D eigenvalue weighted by Gasteiger charge is 2.22. The van der Waals surface area contributed by atoms with E-state index >= 15 is 0 Å². The van der Waals surface area contributed by atoms with Gasteiger partial charge in [0.05, 0.1) is 11.0 Å². The van der Waals surface area contributed by atoms with Crippen molar-refractivity contribution in [2.24, 2.45) is 0 Å². The first kappa shape index (κ1) is 17.6. The van der Waals surface area contributed by atoms with Crippen molar-refractivity contribution < 1.29 is 21.9 Å². The van der Waals surface area contributed by atoms with Gasteiger partial charge in [0.15, 0.2) is 0 Å². The van der Waals surface area contributed by atoms with Crippen LogP contribution in [0.1, 0.15) is 6.42 Å². The summed E-state index contributed by atoms with van der Waals surface area (Å²) in [7, 11) is -2.38. The zero-order chi connectivity index (χ0) is 18.0. The van der Waals surface area contributed by atoms with Crippen LogP contribution in [-0.4, -0.2) is 34.7 Å². The average molecular weight is 368 g/mol. The maximum atomic E-state index is 13.2. The van der Waals surface area contributed by atoms with Gasteiger partial charge in [0.25, 0.3) is 10.0 Å². The molecule has 0 aromatic heterocycles. The summed E-state index contributed by atoms with van der Waals surface area (Å²) in [5.74, 6) is -1.89. The van der Waals surface area contributed by atoms with Gasteiger partial charge in [-0.3, -0.25) is 4.72 Å². The minimum atomic E-state index is -4.07. The number of nitrogens with one attached hydrogen (secondary N) is 1. The van der Waals surface area contributed by atoms with Crippen molar-refractivity contribution in [3.63, 3.8) is 0 Å². The monoisotopic (exact) mass is 368 g/mol. The number of ether oxygens (including phenoxy) is 1. The average Bonchev–Trinajstić information content (AvgIpc) is 3.03. The van der Waals surface area contributed by atoms with E-state index in [9.17, 15) is 17.2 Å². The quantitative estimate of drug-likeness (QED) is 0.882. The SMILES string of the molecule is COC1CCN(c2ccc(NS(=O)(=O)c3cc(F)cc(F)c3)cc2)C1. The molecule has 2 aromatic rings. The Morgan fingerprint density at radius 2 is 1.76 bits per heavy atom. The van der Waals surface area contributed by atoms with Crippen molar-refractivity contribution in [1.82, 2.24) is 0 Å². The zero-order valence-electron chi connectivity index (χ0n) is 13.6.